The first-order valence-corrected chi connectivity index (χ1v) is 13.6. The molecule has 36 heavy (non-hydrogen) atoms. The van der Waals surface area contributed by atoms with E-state index >= 15 is 0 Å². The third-order valence-electron chi connectivity index (χ3n) is 7.39. The van der Waals surface area contributed by atoms with E-state index in [9.17, 15) is 14.4 Å². The Morgan fingerprint density at radius 3 is 2.08 bits per heavy atom. The first-order valence-electron chi connectivity index (χ1n) is 12.8. The van der Waals surface area contributed by atoms with Gasteiger partial charge in [0, 0.05) is 64.9 Å². The fourth-order valence-corrected chi connectivity index (χ4v) is 6.32. The quantitative estimate of drug-likeness (QED) is 0.488. The molecule has 1 aromatic carbocycles. The highest BCUT2D eigenvalue weighted by Crippen LogP contribution is 2.55. The predicted octanol–water partition coefficient (Wildman–Crippen LogP) is 5.67. The SMILES string of the molecule is CCCN1C2=C(C(=O)CC(C)(C)C2)C(c2cc(Br)ccc2OCC(=O)NC)C2=C1CC(C)(C)CC2=O. The Labute approximate surface area is 222 Å². The number of Topliss-reactive ketones (excluding diaryl/α,β-unsaturated/α-hetero) is 2. The maximum Gasteiger partial charge on any atom is 0.257 e. The van der Waals surface area contributed by atoms with Gasteiger partial charge in [0.15, 0.2) is 18.2 Å². The minimum absolute atomic E-state index is 0.0914. The number of nitrogens with zero attached hydrogens (tertiary/aromatic N) is 1. The molecule has 0 saturated heterocycles. The van der Waals surface area contributed by atoms with E-state index in [-0.39, 0.29) is 34.9 Å². The van der Waals surface area contributed by atoms with Gasteiger partial charge in [0.2, 0.25) is 0 Å². The van der Waals surface area contributed by atoms with Crippen molar-refractivity contribution in [1.82, 2.24) is 10.2 Å². The van der Waals surface area contributed by atoms with E-state index in [0.29, 0.717) is 18.6 Å². The van der Waals surface area contributed by atoms with Gasteiger partial charge in [-0.15, -0.1) is 0 Å². The summed E-state index contributed by atoms with van der Waals surface area (Å²) in [5.74, 6) is -0.0489. The summed E-state index contributed by atoms with van der Waals surface area (Å²) in [6, 6.07) is 5.61. The molecule has 0 spiro atoms. The summed E-state index contributed by atoms with van der Waals surface area (Å²) in [6.45, 7) is 11.3. The van der Waals surface area contributed by atoms with E-state index in [1.807, 2.05) is 18.2 Å². The van der Waals surface area contributed by atoms with Crippen molar-refractivity contribution in [3.05, 3.63) is 50.8 Å². The lowest BCUT2D eigenvalue weighted by Gasteiger charge is -2.49. The molecule has 1 heterocycles. The summed E-state index contributed by atoms with van der Waals surface area (Å²) in [6.07, 6.45) is 3.34. The van der Waals surface area contributed by atoms with Crippen molar-refractivity contribution in [2.75, 3.05) is 20.2 Å². The molecular formula is C29H37BrN2O4. The number of hydrogen-bond acceptors (Lipinski definition) is 5. The number of carbonyl (C=O) groups is 3. The average Bonchev–Trinajstić information content (AvgIpc) is 2.77. The van der Waals surface area contributed by atoms with Crippen LogP contribution in [0.4, 0.5) is 0 Å². The van der Waals surface area contributed by atoms with Crippen LogP contribution in [0.3, 0.4) is 0 Å². The van der Waals surface area contributed by atoms with Crippen LogP contribution >= 0.6 is 15.9 Å². The average molecular weight is 558 g/mol. The molecule has 3 aliphatic rings. The Morgan fingerprint density at radius 2 is 1.58 bits per heavy atom. The fraction of sp³-hybridized carbons (Fsp3) is 0.552. The topological polar surface area (TPSA) is 75.7 Å². The summed E-state index contributed by atoms with van der Waals surface area (Å²) < 4.78 is 6.80. The molecule has 1 N–H and O–H groups in total. The van der Waals surface area contributed by atoms with Crippen LogP contribution in [0.5, 0.6) is 5.75 Å². The largest absolute Gasteiger partial charge is 0.483 e. The van der Waals surface area contributed by atoms with Crippen LogP contribution in [0, 0.1) is 10.8 Å². The summed E-state index contributed by atoms with van der Waals surface area (Å²) in [4.78, 5) is 42.0. The molecule has 1 amide bonds. The lowest BCUT2D eigenvalue weighted by molar-refractivity contribution is -0.123. The van der Waals surface area contributed by atoms with E-state index in [4.69, 9.17) is 4.74 Å². The minimum Gasteiger partial charge on any atom is -0.483 e. The summed E-state index contributed by atoms with van der Waals surface area (Å²) >= 11 is 3.59. The lowest BCUT2D eigenvalue weighted by Crippen LogP contribution is -2.44. The standard InChI is InChI=1S/C29H37BrN2O4/c1-7-10-32-19-12-28(2,3)14-21(33)26(19)25(27-20(32)13-29(4,5)15-22(27)34)18-11-17(30)8-9-23(18)36-16-24(35)31-6/h8-9,11,25H,7,10,12-16H2,1-6H3,(H,31,35). The number of benzene rings is 1. The first kappa shape index (κ1) is 26.6. The van der Waals surface area contributed by atoms with E-state index in [1.54, 1.807) is 7.05 Å². The van der Waals surface area contributed by atoms with Crippen LogP contribution < -0.4 is 10.1 Å². The molecule has 7 heteroatoms. The second kappa shape index (κ2) is 9.81. The molecule has 1 aliphatic heterocycles. The van der Waals surface area contributed by atoms with Gasteiger partial charge in [-0.05, 0) is 48.3 Å². The van der Waals surface area contributed by atoms with Gasteiger partial charge in [-0.3, -0.25) is 14.4 Å². The highest BCUT2D eigenvalue weighted by atomic mass is 79.9. The minimum atomic E-state index is -0.507. The third-order valence-corrected chi connectivity index (χ3v) is 7.88. The second-order valence-corrected chi connectivity index (χ2v) is 12.7. The highest BCUT2D eigenvalue weighted by Gasteiger charge is 2.49. The second-order valence-electron chi connectivity index (χ2n) is 11.8. The fourth-order valence-electron chi connectivity index (χ4n) is 5.94. The maximum absolute atomic E-state index is 13.9. The number of halogens is 1. The van der Waals surface area contributed by atoms with Crippen molar-refractivity contribution in [2.45, 2.75) is 72.6 Å². The van der Waals surface area contributed by atoms with Gasteiger partial charge < -0.3 is 15.0 Å². The van der Waals surface area contributed by atoms with Gasteiger partial charge in [-0.1, -0.05) is 50.5 Å². The Morgan fingerprint density at radius 1 is 1.03 bits per heavy atom. The van der Waals surface area contributed by atoms with Crippen LogP contribution in [0.2, 0.25) is 0 Å². The number of hydrogen-bond donors (Lipinski definition) is 1. The van der Waals surface area contributed by atoms with Crippen LogP contribution in [0.25, 0.3) is 0 Å². The van der Waals surface area contributed by atoms with E-state index in [0.717, 1.165) is 58.4 Å². The summed E-state index contributed by atoms with van der Waals surface area (Å²) in [7, 11) is 1.57. The number of likely N-dealkylation sites (N-methyl/N-ethyl adjacent to an activating group) is 1. The lowest BCUT2D eigenvalue weighted by atomic mass is 9.63. The Balaban J connectivity index is 1.98. The predicted molar refractivity (Wildman–Crippen MR) is 144 cm³/mol. The molecule has 0 unspecified atom stereocenters. The van der Waals surface area contributed by atoms with Crippen molar-refractivity contribution in [1.29, 1.82) is 0 Å². The zero-order chi connectivity index (χ0) is 26.4. The summed E-state index contributed by atoms with van der Waals surface area (Å²) in [5, 5.41) is 2.58. The molecule has 0 saturated carbocycles. The van der Waals surface area contributed by atoms with E-state index in [1.165, 1.54) is 0 Å². The number of ketones is 2. The molecule has 2 aliphatic carbocycles. The van der Waals surface area contributed by atoms with Crippen molar-refractivity contribution >= 4 is 33.4 Å². The van der Waals surface area contributed by atoms with E-state index < -0.39 is 5.92 Å². The molecule has 1 aromatic rings. The van der Waals surface area contributed by atoms with Crippen LogP contribution in [-0.4, -0.2) is 42.6 Å². The van der Waals surface area contributed by atoms with E-state index in [2.05, 4.69) is 60.8 Å². The van der Waals surface area contributed by atoms with Crippen molar-refractivity contribution in [3.63, 3.8) is 0 Å². The van der Waals surface area contributed by atoms with Gasteiger partial charge in [0.05, 0.1) is 0 Å². The monoisotopic (exact) mass is 556 g/mol. The van der Waals surface area contributed by atoms with Gasteiger partial charge in [-0.2, -0.15) is 0 Å². The molecule has 6 nitrogen and oxygen atoms in total. The highest BCUT2D eigenvalue weighted by molar-refractivity contribution is 9.10. The van der Waals surface area contributed by atoms with Crippen LogP contribution in [-0.2, 0) is 14.4 Å². The number of nitrogens with one attached hydrogen (secondary N) is 1. The number of carbonyl (C=O) groups excluding carboxylic acids is 3. The molecular weight excluding hydrogens is 520 g/mol. The summed E-state index contributed by atoms with van der Waals surface area (Å²) in [5.41, 5.74) is 3.97. The van der Waals surface area contributed by atoms with Crippen molar-refractivity contribution in [2.24, 2.45) is 10.8 Å². The van der Waals surface area contributed by atoms with Gasteiger partial charge >= 0.3 is 0 Å². The maximum atomic E-state index is 13.9. The van der Waals surface area contributed by atoms with Crippen LogP contribution in [0.1, 0.15) is 78.2 Å². The first-order chi connectivity index (χ1) is 16.9. The number of rotatable bonds is 6. The molecule has 0 bridgehead atoms. The molecule has 4 rings (SSSR count). The van der Waals surface area contributed by atoms with Crippen molar-refractivity contribution in [3.8, 4) is 5.75 Å². The zero-order valence-electron chi connectivity index (χ0n) is 22.2. The van der Waals surface area contributed by atoms with Crippen molar-refractivity contribution < 1.29 is 19.1 Å². The molecule has 0 fully saturated rings. The molecule has 0 radical (unpaired) electrons. The molecule has 194 valence electrons. The smallest absolute Gasteiger partial charge is 0.257 e. The molecule has 0 atom stereocenters. The Kier molecular flexibility index (Phi) is 7.26. The number of allylic oxidation sites excluding steroid dienone is 4. The Hall–Kier alpha value is -2.41. The Bertz CT molecular complexity index is 1120. The normalized spacial score (nSPS) is 21.4. The van der Waals surface area contributed by atoms with Gasteiger partial charge in [-0.25, -0.2) is 0 Å². The van der Waals surface area contributed by atoms with Gasteiger partial charge in [0.25, 0.3) is 5.91 Å². The zero-order valence-corrected chi connectivity index (χ0v) is 23.8. The number of ether oxygens (including phenoxy) is 1. The van der Waals surface area contributed by atoms with Gasteiger partial charge in [0.1, 0.15) is 5.75 Å². The third kappa shape index (κ3) is 5.04. The van der Waals surface area contributed by atoms with Crippen LogP contribution in [0.15, 0.2) is 45.2 Å². The number of amides is 1. The molecule has 0 aromatic heterocycles.